The molecule has 0 aliphatic heterocycles. The summed E-state index contributed by atoms with van der Waals surface area (Å²) in [5, 5.41) is 9.15. The molecule has 0 saturated heterocycles. The molecule has 0 spiro atoms. The SMILES string of the molecule is CC(O)CN(C)C(=O)c1cc(Br)ccn1. The van der Waals surface area contributed by atoms with E-state index in [9.17, 15) is 4.79 Å². The van der Waals surface area contributed by atoms with Crippen molar-refractivity contribution in [1.29, 1.82) is 0 Å². The van der Waals surface area contributed by atoms with Crippen LogP contribution in [0.2, 0.25) is 0 Å². The van der Waals surface area contributed by atoms with Crippen molar-refractivity contribution in [3.8, 4) is 0 Å². The molecular formula is C10H13BrN2O2. The Bertz CT molecular complexity index is 355. The van der Waals surface area contributed by atoms with Crippen LogP contribution in [-0.2, 0) is 0 Å². The molecule has 1 amide bonds. The van der Waals surface area contributed by atoms with E-state index in [1.165, 1.54) is 4.90 Å². The van der Waals surface area contributed by atoms with Gasteiger partial charge in [-0.15, -0.1) is 0 Å². The van der Waals surface area contributed by atoms with Gasteiger partial charge in [0.1, 0.15) is 5.69 Å². The highest BCUT2D eigenvalue weighted by Gasteiger charge is 2.14. The summed E-state index contributed by atoms with van der Waals surface area (Å²) in [6.45, 7) is 1.94. The van der Waals surface area contributed by atoms with Crippen LogP contribution in [0.15, 0.2) is 22.8 Å². The maximum atomic E-state index is 11.8. The zero-order valence-electron chi connectivity index (χ0n) is 8.64. The number of amides is 1. The first-order chi connectivity index (χ1) is 7.00. The molecule has 1 unspecified atom stereocenters. The summed E-state index contributed by atoms with van der Waals surface area (Å²) in [7, 11) is 1.64. The third kappa shape index (κ3) is 3.60. The number of aromatic nitrogens is 1. The van der Waals surface area contributed by atoms with E-state index < -0.39 is 6.10 Å². The Balaban J connectivity index is 2.76. The van der Waals surface area contributed by atoms with Gasteiger partial charge < -0.3 is 10.0 Å². The minimum atomic E-state index is -0.536. The number of aliphatic hydroxyl groups is 1. The van der Waals surface area contributed by atoms with Crippen LogP contribution in [-0.4, -0.2) is 40.6 Å². The average Bonchev–Trinajstić information content (AvgIpc) is 2.15. The second kappa shape index (κ2) is 5.23. The van der Waals surface area contributed by atoms with E-state index in [4.69, 9.17) is 5.11 Å². The van der Waals surface area contributed by atoms with Crippen molar-refractivity contribution in [1.82, 2.24) is 9.88 Å². The van der Waals surface area contributed by atoms with Gasteiger partial charge in [0.15, 0.2) is 0 Å². The third-order valence-electron chi connectivity index (χ3n) is 1.83. The van der Waals surface area contributed by atoms with Gasteiger partial charge in [0.2, 0.25) is 0 Å². The summed E-state index contributed by atoms with van der Waals surface area (Å²) in [6.07, 6.45) is 1.03. The molecule has 0 fully saturated rings. The summed E-state index contributed by atoms with van der Waals surface area (Å²) >= 11 is 3.27. The molecular weight excluding hydrogens is 260 g/mol. The Labute approximate surface area is 97.1 Å². The van der Waals surface area contributed by atoms with E-state index in [1.54, 1.807) is 32.3 Å². The van der Waals surface area contributed by atoms with Gasteiger partial charge in [-0.1, -0.05) is 15.9 Å². The standard InChI is InChI=1S/C10H13BrN2O2/c1-7(14)6-13(2)10(15)9-5-8(11)3-4-12-9/h3-5,7,14H,6H2,1-2H3. The summed E-state index contributed by atoms with van der Waals surface area (Å²) in [5.41, 5.74) is 0.368. The summed E-state index contributed by atoms with van der Waals surface area (Å²) in [6, 6.07) is 3.41. The predicted octanol–water partition coefficient (Wildman–Crippen LogP) is 1.30. The first kappa shape index (κ1) is 12.1. The third-order valence-corrected chi connectivity index (χ3v) is 2.32. The van der Waals surface area contributed by atoms with Gasteiger partial charge in [0, 0.05) is 24.3 Å². The van der Waals surface area contributed by atoms with Crippen LogP contribution in [0.4, 0.5) is 0 Å². The summed E-state index contributed by atoms with van der Waals surface area (Å²) in [5.74, 6) is -0.197. The van der Waals surface area contributed by atoms with Crippen LogP contribution in [0, 0.1) is 0 Å². The van der Waals surface area contributed by atoms with E-state index in [2.05, 4.69) is 20.9 Å². The van der Waals surface area contributed by atoms with E-state index >= 15 is 0 Å². The van der Waals surface area contributed by atoms with Gasteiger partial charge in [0.25, 0.3) is 5.91 Å². The zero-order chi connectivity index (χ0) is 11.4. The fraction of sp³-hybridized carbons (Fsp3) is 0.400. The van der Waals surface area contributed by atoms with E-state index in [-0.39, 0.29) is 5.91 Å². The van der Waals surface area contributed by atoms with Crippen molar-refractivity contribution < 1.29 is 9.90 Å². The number of hydrogen-bond donors (Lipinski definition) is 1. The Kier molecular flexibility index (Phi) is 4.23. The summed E-state index contributed by atoms with van der Waals surface area (Å²) < 4.78 is 0.811. The highest BCUT2D eigenvalue weighted by Crippen LogP contribution is 2.10. The van der Waals surface area contributed by atoms with Gasteiger partial charge in [-0.05, 0) is 19.1 Å². The number of hydrogen-bond acceptors (Lipinski definition) is 3. The smallest absolute Gasteiger partial charge is 0.272 e. The van der Waals surface area contributed by atoms with Crippen molar-refractivity contribution in [3.05, 3.63) is 28.5 Å². The van der Waals surface area contributed by atoms with Gasteiger partial charge in [-0.3, -0.25) is 9.78 Å². The van der Waals surface area contributed by atoms with E-state index in [0.717, 1.165) is 4.47 Å². The first-order valence-corrected chi connectivity index (χ1v) is 5.35. The van der Waals surface area contributed by atoms with Gasteiger partial charge >= 0.3 is 0 Å². The molecule has 0 aliphatic rings. The zero-order valence-corrected chi connectivity index (χ0v) is 10.2. The van der Waals surface area contributed by atoms with Crippen molar-refractivity contribution >= 4 is 21.8 Å². The van der Waals surface area contributed by atoms with Gasteiger partial charge in [-0.2, -0.15) is 0 Å². The van der Waals surface area contributed by atoms with Gasteiger partial charge in [-0.25, -0.2) is 0 Å². The van der Waals surface area contributed by atoms with Crippen LogP contribution in [0.3, 0.4) is 0 Å². The molecule has 0 saturated carbocycles. The number of pyridine rings is 1. The maximum Gasteiger partial charge on any atom is 0.272 e. The number of carbonyl (C=O) groups excluding carboxylic acids is 1. The van der Waals surface area contributed by atoms with Crippen molar-refractivity contribution in [3.63, 3.8) is 0 Å². The van der Waals surface area contributed by atoms with E-state index in [1.807, 2.05) is 0 Å². The number of rotatable bonds is 3. The molecule has 5 heteroatoms. The van der Waals surface area contributed by atoms with Crippen molar-refractivity contribution in [2.75, 3.05) is 13.6 Å². The number of carbonyl (C=O) groups is 1. The Hall–Kier alpha value is -0.940. The topological polar surface area (TPSA) is 53.4 Å². The lowest BCUT2D eigenvalue weighted by Gasteiger charge is -2.18. The van der Waals surface area contributed by atoms with Crippen LogP contribution >= 0.6 is 15.9 Å². The number of halogens is 1. The molecule has 1 aromatic rings. The Morgan fingerprint density at radius 1 is 1.73 bits per heavy atom. The Morgan fingerprint density at radius 3 is 2.93 bits per heavy atom. The monoisotopic (exact) mass is 272 g/mol. The van der Waals surface area contributed by atoms with Gasteiger partial charge in [0.05, 0.1) is 6.10 Å². The molecule has 15 heavy (non-hydrogen) atoms. The molecule has 1 aromatic heterocycles. The second-order valence-electron chi connectivity index (χ2n) is 3.39. The molecule has 1 atom stereocenters. The van der Waals surface area contributed by atoms with Crippen molar-refractivity contribution in [2.24, 2.45) is 0 Å². The highest BCUT2D eigenvalue weighted by atomic mass is 79.9. The molecule has 1 heterocycles. The number of aliphatic hydroxyl groups excluding tert-OH is 1. The Morgan fingerprint density at radius 2 is 2.40 bits per heavy atom. The largest absolute Gasteiger partial charge is 0.392 e. The second-order valence-corrected chi connectivity index (χ2v) is 4.31. The lowest BCUT2D eigenvalue weighted by Crippen LogP contribution is -2.33. The molecule has 82 valence electrons. The number of nitrogens with zero attached hydrogens (tertiary/aromatic N) is 2. The molecule has 0 bridgehead atoms. The minimum absolute atomic E-state index is 0.197. The normalized spacial score (nSPS) is 12.3. The lowest BCUT2D eigenvalue weighted by molar-refractivity contribution is 0.0698. The molecule has 1 N–H and O–H groups in total. The first-order valence-electron chi connectivity index (χ1n) is 4.56. The van der Waals surface area contributed by atoms with Crippen LogP contribution in [0.1, 0.15) is 17.4 Å². The minimum Gasteiger partial charge on any atom is -0.392 e. The van der Waals surface area contributed by atoms with Crippen molar-refractivity contribution in [2.45, 2.75) is 13.0 Å². The molecule has 4 nitrogen and oxygen atoms in total. The summed E-state index contributed by atoms with van der Waals surface area (Å²) in [4.78, 5) is 17.2. The maximum absolute atomic E-state index is 11.8. The van der Waals surface area contributed by atoms with E-state index in [0.29, 0.717) is 12.2 Å². The highest BCUT2D eigenvalue weighted by molar-refractivity contribution is 9.10. The quantitative estimate of drug-likeness (QED) is 0.903. The van der Waals surface area contributed by atoms with Crippen LogP contribution in [0.25, 0.3) is 0 Å². The fourth-order valence-corrected chi connectivity index (χ4v) is 1.53. The molecule has 1 rings (SSSR count). The fourth-order valence-electron chi connectivity index (χ4n) is 1.20. The average molecular weight is 273 g/mol. The molecule has 0 radical (unpaired) electrons. The van der Waals surface area contributed by atoms with Crippen LogP contribution in [0.5, 0.6) is 0 Å². The lowest BCUT2D eigenvalue weighted by atomic mass is 10.3. The number of likely N-dealkylation sites (N-methyl/N-ethyl adjacent to an activating group) is 1. The van der Waals surface area contributed by atoms with Crippen LogP contribution < -0.4 is 0 Å². The molecule has 0 aromatic carbocycles. The predicted molar refractivity (Wildman–Crippen MR) is 60.6 cm³/mol. The molecule has 0 aliphatic carbocycles.